The third-order valence-corrected chi connectivity index (χ3v) is 5.52. The van der Waals surface area contributed by atoms with E-state index in [1.165, 1.54) is 24.3 Å². The van der Waals surface area contributed by atoms with Gasteiger partial charge in [-0.05, 0) is 35.9 Å². The Labute approximate surface area is 229 Å². The topological polar surface area (TPSA) is 41.9 Å². The molecule has 0 saturated carbocycles. The smallest absolute Gasteiger partial charge is 0.457 e. The minimum absolute atomic E-state index is 0.125. The van der Waals surface area contributed by atoms with Gasteiger partial charge in [-0.3, -0.25) is 0 Å². The number of benzene rings is 3. The molecule has 0 saturated heterocycles. The number of aliphatic hydroxyl groups is 1. The number of ether oxygens (including phenoxy) is 2. The fourth-order valence-electron chi connectivity index (χ4n) is 3.51. The highest BCUT2D eigenvalue weighted by Gasteiger charge is 2.58. The number of nitrogens with zero attached hydrogens (tertiary/aromatic N) is 1. The Kier molecular flexibility index (Phi) is 9.49. The first-order valence-electron chi connectivity index (χ1n) is 11.6. The molecule has 4 nitrogen and oxygen atoms in total. The molecule has 1 N–H and O–H groups in total. The molecule has 1 atom stereocenters. The number of aliphatic hydroxyl groups excluding tert-OH is 1. The van der Waals surface area contributed by atoms with E-state index >= 15 is 0 Å². The maximum absolute atomic E-state index is 13.9. The maximum atomic E-state index is 13.9. The summed E-state index contributed by atoms with van der Waals surface area (Å²) in [5.74, 6) is -6.34. The van der Waals surface area contributed by atoms with E-state index in [-0.39, 0.29) is 22.7 Å². The van der Waals surface area contributed by atoms with Crippen molar-refractivity contribution in [1.82, 2.24) is 0 Å². The molecule has 3 rings (SSSR count). The summed E-state index contributed by atoms with van der Waals surface area (Å²) in [6.07, 6.45) is -23.0. The van der Waals surface area contributed by atoms with Crippen molar-refractivity contribution in [2.24, 2.45) is 0 Å². The summed E-state index contributed by atoms with van der Waals surface area (Å²) in [6, 6.07) is 11.8. The predicted octanol–water partition coefficient (Wildman–Crippen LogP) is 8.30. The van der Waals surface area contributed by atoms with Gasteiger partial charge in [0.25, 0.3) is 0 Å². The van der Waals surface area contributed by atoms with E-state index in [2.05, 4.69) is 4.74 Å². The predicted molar refractivity (Wildman–Crippen MR) is 124 cm³/mol. The summed E-state index contributed by atoms with van der Waals surface area (Å²) < 4.78 is 166. The van der Waals surface area contributed by atoms with Gasteiger partial charge < -0.3 is 19.5 Å². The Hall–Kier alpha value is -3.82. The molecule has 0 aromatic heterocycles. The Morgan fingerprint density at radius 1 is 0.714 bits per heavy atom. The first kappa shape index (κ1) is 32.7. The number of hydrogen-bond donors (Lipinski definition) is 1. The normalized spacial score (nSPS) is 13.7. The summed E-state index contributed by atoms with van der Waals surface area (Å²) >= 11 is 0. The minimum atomic E-state index is -5.94. The van der Waals surface area contributed by atoms with Gasteiger partial charge in [0.2, 0.25) is 0 Å². The lowest BCUT2D eigenvalue weighted by atomic mass is 10.0. The van der Waals surface area contributed by atoms with Gasteiger partial charge in [0.15, 0.2) is 6.10 Å². The molecule has 1 unspecified atom stereocenters. The van der Waals surface area contributed by atoms with Crippen LogP contribution in [-0.4, -0.2) is 42.6 Å². The van der Waals surface area contributed by atoms with Crippen molar-refractivity contribution in [2.45, 2.75) is 43.5 Å². The zero-order chi connectivity index (χ0) is 31.5. The third-order valence-electron chi connectivity index (χ3n) is 5.52. The van der Waals surface area contributed by atoms with Crippen LogP contribution < -0.4 is 14.4 Å². The average molecular weight is 621 g/mol. The summed E-state index contributed by atoms with van der Waals surface area (Å²) in [7, 11) is 0. The number of hydrogen-bond acceptors (Lipinski definition) is 4. The van der Waals surface area contributed by atoms with Crippen molar-refractivity contribution < 1.29 is 67.3 Å². The quantitative estimate of drug-likeness (QED) is 0.219. The largest absolute Gasteiger partial charge is 0.461 e. The molecule has 0 fully saturated rings. The van der Waals surface area contributed by atoms with E-state index in [0.29, 0.717) is 12.1 Å². The van der Waals surface area contributed by atoms with Gasteiger partial charge in [0.1, 0.15) is 17.2 Å². The summed E-state index contributed by atoms with van der Waals surface area (Å²) in [6.45, 7) is -1.86. The zero-order valence-electron chi connectivity index (χ0n) is 20.7. The van der Waals surface area contributed by atoms with Gasteiger partial charge in [-0.25, -0.2) is 0 Å². The Balaban J connectivity index is 1.91. The van der Waals surface area contributed by atoms with E-state index in [1.807, 2.05) is 0 Å². The Morgan fingerprint density at radius 2 is 1.29 bits per heavy atom. The van der Waals surface area contributed by atoms with E-state index < -0.39 is 61.3 Å². The molecular formula is C26H19F12NO3. The molecule has 230 valence electrons. The second kappa shape index (κ2) is 12.2. The monoisotopic (exact) mass is 621 g/mol. The number of anilines is 1. The molecule has 0 spiro atoms. The molecule has 0 radical (unpaired) electrons. The van der Waals surface area contributed by atoms with Crippen molar-refractivity contribution in [2.75, 3.05) is 11.4 Å². The van der Waals surface area contributed by atoms with Crippen LogP contribution in [0.4, 0.5) is 58.4 Å². The van der Waals surface area contributed by atoms with E-state index in [0.717, 1.165) is 41.3 Å². The van der Waals surface area contributed by atoms with Gasteiger partial charge in [-0.1, -0.05) is 30.3 Å². The highest BCUT2D eigenvalue weighted by atomic mass is 19.4. The van der Waals surface area contributed by atoms with Crippen molar-refractivity contribution >= 4 is 5.69 Å². The van der Waals surface area contributed by atoms with Gasteiger partial charge >= 0.3 is 30.8 Å². The van der Waals surface area contributed by atoms with Gasteiger partial charge in [0, 0.05) is 29.9 Å². The SMILES string of the molecule is OC(CN(Cc1cccc(C(F)(F)C(F)(F)F)c1)c1cccc(Oc2cccc(OC(F)(F)C(F)F)c2)c1)C(F)(F)F. The van der Waals surface area contributed by atoms with Crippen molar-refractivity contribution in [3.63, 3.8) is 0 Å². The van der Waals surface area contributed by atoms with Gasteiger partial charge in [-0.2, -0.15) is 52.7 Å². The minimum Gasteiger partial charge on any atom is -0.457 e. The van der Waals surface area contributed by atoms with Gasteiger partial charge in [0.05, 0.1) is 6.54 Å². The molecule has 0 heterocycles. The number of rotatable bonds is 11. The van der Waals surface area contributed by atoms with Crippen LogP contribution in [0.3, 0.4) is 0 Å². The lowest BCUT2D eigenvalue weighted by molar-refractivity contribution is -0.289. The molecule has 3 aromatic rings. The fraction of sp³-hybridized carbons (Fsp3) is 0.308. The van der Waals surface area contributed by atoms with Crippen LogP contribution in [0.15, 0.2) is 72.8 Å². The standard InChI is InChI=1S/C26H19F12NO3/c27-22(28)25(34,35)42-20-9-3-8-19(12-20)41-18-7-2-6-17(11-18)39(14-21(40)24(31,32)33)13-15-4-1-5-16(10-15)23(29,30)26(36,37)38/h1-12,21-22,40H,13-14H2. The molecule has 0 bridgehead atoms. The molecule has 0 aliphatic heterocycles. The summed E-state index contributed by atoms with van der Waals surface area (Å²) in [5, 5.41) is 9.66. The summed E-state index contributed by atoms with van der Waals surface area (Å²) in [5.41, 5.74) is -1.84. The average Bonchev–Trinajstić information content (AvgIpc) is 2.87. The van der Waals surface area contributed by atoms with Crippen molar-refractivity contribution in [1.29, 1.82) is 0 Å². The highest BCUT2D eigenvalue weighted by molar-refractivity contribution is 5.52. The molecule has 0 aliphatic carbocycles. The lowest BCUT2D eigenvalue weighted by Gasteiger charge is -2.29. The zero-order valence-corrected chi connectivity index (χ0v) is 20.7. The highest BCUT2D eigenvalue weighted by Crippen LogP contribution is 2.44. The van der Waals surface area contributed by atoms with Crippen LogP contribution in [-0.2, 0) is 12.5 Å². The van der Waals surface area contributed by atoms with Crippen LogP contribution >= 0.6 is 0 Å². The molecular weight excluding hydrogens is 602 g/mol. The van der Waals surface area contributed by atoms with Crippen LogP contribution in [0.1, 0.15) is 11.1 Å². The number of halogens is 12. The molecule has 42 heavy (non-hydrogen) atoms. The van der Waals surface area contributed by atoms with Crippen LogP contribution in [0, 0.1) is 0 Å². The third kappa shape index (κ3) is 8.14. The lowest BCUT2D eigenvalue weighted by Crippen LogP contribution is -2.41. The second-order valence-electron chi connectivity index (χ2n) is 8.75. The second-order valence-corrected chi connectivity index (χ2v) is 8.75. The first-order chi connectivity index (χ1) is 19.3. The van der Waals surface area contributed by atoms with Gasteiger partial charge in [-0.15, -0.1) is 0 Å². The number of alkyl halides is 12. The van der Waals surface area contributed by atoms with Crippen molar-refractivity contribution in [3.05, 3.63) is 83.9 Å². The molecule has 0 aliphatic rings. The molecule has 0 amide bonds. The van der Waals surface area contributed by atoms with E-state index in [1.54, 1.807) is 0 Å². The molecule has 3 aromatic carbocycles. The fourth-order valence-corrected chi connectivity index (χ4v) is 3.51. The van der Waals surface area contributed by atoms with Crippen molar-refractivity contribution in [3.8, 4) is 17.2 Å². The van der Waals surface area contributed by atoms with E-state index in [4.69, 9.17) is 4.74 Å². The Morgan fingerprint density at radius 3 is 1.88 bits per heavy atom. The van der Waals surface area contributed by atoms with Crippen LogP contribution in [0.2, 0.25) is 0 Å². The Bertz CT molecular complexity index is 1340. The van der Waals surface area contributed by atoms with Crippen LogP contribution in [0.25, 0.3) is 0 Å². The summed E-state index contributed by atoms with van der Waals surface area (Å²) in [4.78, 5) is 0.832. The maximum Gasteiger partial charge on any atom is 0.461 e. The molecule has 16 heteroatoms. The van der Waals surface area contributed by atoms with Crippen LogP contribution in [0.5, 0.6) is 17.2 Å². The van der Waals surface area contributed by atoms with E-state index in [9.17, 15) is 57.8 Å². The first-order valence-corrected chi connectivity index (χ1v) is 11.6.